The van der Waals surface area contributed by atoms with Crippen LogP contribution in [0.4, 0.5) is 0 Å². The molecule has 2 N–H and O–H groups in total. The van der Waals surface area contributed by atoms with Gasteiger partial charge in [-0.25, -0.2) is 0 Å². The SMILES string of the molecule is O=C(O)C1CCCC1NC1CCCCC1. The molecule has 2 unspecified atom stereocenters. The third-order valence-electron chi connectivity index (χ3n) is 3.89. The van der Waals surface area contributed by atoms with Gasteiger partial charge in [-0.3, -0.25) is 4.79 Å². The maximum Gasteiger partial charge on any atom is 0.308 e. The quantitative estimate of drug-likeness (QED) is 0.752. The van der Waals surface area contributed by atoms with Gasteiger partial charge < -0.3 is 10.4 Å². The van der Waals surface area contributed by atoms with Crippen molar-refractivity contribution in [3.63, 3.8) is 0 Å². The first-order valence-corrected chi connectivity index (χ1v) is 6.26. The van der Waals surface area contributed by atoms with Crippen molar-refractivity contribution >= 4 is 5.97 Å². The first-order valence-electron chi connectivity index (χ1n) is 6.26. The van der Waals surface area contributed by atoms with Crippen LogP contribution < -0.4 is 5.32 Å². The van der Waals surface area contributed by atoms with Crippen LogP contribution in [0.5, 0.6) is 0 Å². The Labute approximate surface area is 91.2 Å². The van der Waals surface area contributed by atoms with E-state index in [9.17, 15) is 4.79 Å². The van der Waals surface area contributed by atoms with Crippen LogP contribution in [0.25, 0.3) is 0 Å². The number of rotatable bonds is 3. The van der Waals surface area contributed by atoms with E-state index in [1.165, 1.54) is 32.1 Å². The summed E-state index contributed by atoms with van der Waals surface area (Å²) >= 11 is 0. The van der Waals surface area contributed by atoms with Gasteiger partial charge in [0.1, 0.15) is 0 Å². The molecule has 0 aliphatic heterocycles. The second kappa shape index (κ2) is 4.97. The minimum absolute atomic E-state index is 0.132. The highest BCUT2D eigenvalue weighted by Gasteiger charge is 2.34. The van der Waals surface area contributed by atoms with Crippen molar-refractivity contribution in [1.29, 1.82) is 0 Å². The van der Waals surface area contributed by atoms with Gasteiger partial charge in [-0.05, 0) is 25.7 Å². The molecule has 0 amide bonds. The van der Waals surface area contributed by atoms with Crippen LogP contribution in [-0.4, -0.2) is 23.2 Å². The molecule has 0 bridgehead atoms. The lowest BCUT2D eigenvalue weighted by molar-refractivity contribution is -0.142. The summed E-state index contributed by atoms with van der Waals surface area (Å²) in [6.07, 6.45) is 9.43. The number of hydrogen-bond donors (Lipinski definition) is 2. The van der Waals surface area contributed by atoms with Crippen LogP contribution in [0.15, 0.2) is 0 Å². The van der Waals surface area contributed by atoms with Gasteiger partial charge in [-0.2, -0.15) is 0 Å². The topological polar surface area (TPSA) is 49.3 Å². The van der Waals surface area contributed by atoms with E-state index < -0.39 is 5.97 Å². The second-order valence-electron chi connectivity index (χ2n) is 4.98. The van der Waals surface area contributed by atoms with Gasteiger partial charge in [0, 0.05) is 12.1 Å². The molecule has 2 rings (SSSR count). The number of aliphatic carboxylic acids is 1. The zero-order valence-corrected chi connectivity index (χ0v) is 9.24. The molecular formula is C12H21NO2. The van der Waals surface area contributed by atoms with Gasteiger partial charge in [0.15, 0.2) is 0 Å². The molecular weight excluding hydrogens is 190 g/mol. The second-order valence-corrected chi connectivity index (χ2v) is 4.98. The van der Waals surface area contributed by atoms with E-state index in [0.717, 1.165) is 19.3 Å². The molecule has 0 aromatic rings. The zero-order valence-electron chi connectivity index (χ0n) is 9.24. The van der Waals surface area contributed by atoms with E-state index in [2.05, 4.69) is 5.32 Å². The monoisotopic (exact) mass is 211 g/mol. The molecule has 0 heterocycles. The summed E-state index contributed by atoms with van der Waals surface area (Å²) in [6, 6.07) is 0.828. The molecule has 0 saturated heterocycles. The Hall–Kier alpha value is -0.570. The summed E-state index contributed by atoms with van der Waals surface area (Å²) in [6.45, 7) is 0. The van der Waals surface area contributed by atoms with Gasteiger partial charge in [-0.15, -0.1) is 0 Å². The average Bonchev–Trinajstić information content (AvgIpc) is 2.67. The van der Waals surface area contributed by atoms with Gasteiger partial charge in [0.25, 0.3) is 0 Å². The fourth-order valence-corrected chi connectivity index (χ4v) is 3.03. The van der Waals surface area contributed by atoms with Crippen molar-refractivity contribution in [2.45, 2.75) is 63.5 Å². The molecule has 86 valence electrons. The third-order valence-corrected chi connectivity index (χ3v) is 3.89. The Morgan fingerprint density at radius 3 is 2.40 bits per heavy atom. The molecule has 15 heavy (non-hydrogen) atoms. The summed E-state index contributed by atoms with van der Waals surface area (Å²) in [4.78, 5) is 11.0. The fraction of sp³-hybridized carbons (Fsp3) is 0.917. The average molecular weight is 211 g/mol. The van der Waals surface area contributed by atoms with Crippen LogP contribution in [-0.2, 0) is 4.79 Å². The highest BCUT2D eigenvalue weighted by Crippen LogP contribution is 2.28. The fourth-order valence-electron chi connectivity index (χ4n) is 3.03. The van der Waals surface area contributed by atoms with E-state index in [-0.39, 0.29) is 12.0 Å². The summed E-state index contributed by atoms with van der Waals surface area (Å²) in [7, 11) is 0. The van der Waals surface area contributed by atoms with Crippen molar-refractivity contribution in [2.75, 3.05) is 0 Å². The van der Waals surface area contributed by atoms with Crippen molar-refractivity contribution in [3.05, 3.63) is 0 Å². The maximum atomic E-state index is 11.0. The van der Waals surface area contributed by atoms with E-state index in [1.54, 1.807) is 0 Å². The van der Waals surface area contributed by atoms with Crippen LogP contribution in [0.3, 0.4) is 0 Å². The molecule has 2 fully saturated rings. The molecule has 2 aliphatic carbocycles. The molecule has 2 atom stereocenters. The lowest BCUT2D eigenvalue weighted by atomic mass is 9.93. The van der Waals surface area contributed by atoms with Crippen molar-refractivity contribution in [1.82, 2.24) is 5.32 Å². The molecule has 0 aromatic heterocycles. The minimum Gasteiger partial charge on any atom is -0.481 e. The van der Waals surface area contributed by atoms with Gasteiger partial charge in [-0.1, -0.05) is 25.7 Å². The number of carbonyl (C=O) groups is 1. The number of carboxylic acid groups (broad SMARTS) is 1. The minimum atomic E-state index is -0.610. The Kier molecular flexibility index (Phi) is 3.62. The van der Waals surface area contributed by atoms with Crippen molar-refractivity contribution < 1.29 is 9.90 Å². The van der Waals surface area contributed by atoms with Gasteiger partial charge >= 0.3 is 5.97 Å². The first-order chi connectivity index (χ1) is 7.27. The van der Waals surface area contributed by atoms with E-state index in [1.807, 2.05) is 0 Å². The number of hydrogen-bond acceptors (Lipinski definition) is 2. The lowest BCUT2D eigenvalue weighted by Gasteiger charge is -2.28. The van der Waals surface area contributed by atoms with E-state index >= 15 is 0 Å². The Bertz CT molecular complexity index is 224. The molecule has 2 aliphatic rings. The normalized spacial score (nSPS) is 33.1. The van der Waals surface area contributed by atoms with Crippen LogP contribution >= 0.6 is 0 Å². The van der Waals surface area contributed by atoms with E-state index in [0.29, 0.717) is 6.04 Å². The highest BCUT2D eigenvalue weighted by molar-refractivity contribution is 5.71. The lowest BCUT2D eigenvalue weighted by Crippen LogP contribution is -2.43. The number of nitrogens with one attached hydrogen (secondary N) is 1. The smallest absolute Gasteiger partial charge is 0.308 e. The van der Waals surface area contributed by atoms with Crippen molar-refractivity contribution in [3.8, 4) is 0 Å². The summed E-state index contributed by atoms with van der Waals surface area (Å²) in [5, 5.41) is 12.6. The summed E-state index contributed by atoms with van der Waals surface area (Å²) in [5.74, 6) is -0.743. The Balaban J connectivity index is 1.84. The third kappa shape index (κ3) is 2.71. The van der Waals surface area contributed by atoms with Gasteiger partial charge in [0.05, 0.1) is 5.92 Å². The zero-order chi connectivity index (χ0) is 10.7. The summed E-state index contributed by atoms with van der Waals surface area (Å²) < 4.78 is 0. The van der Waals surface area contributed by atoms with Gasteiger partial charge in [0.2, 0.25) is 0 Å². The van der Waals surface area contributed by atoms with Crippen molar-refractivity contribution in [2.24, 2.45) is 5.92 Å². The van der Waals surface area contributed by atoms with Crippen LogP contribution in [0.2, 0.25) is 0 Å². The molecule has 0 aromatic carbocycles. The maximum absolute atomic E-state index is 11.0. The first kappa shape index (κ1) is 10.9. The van der Waals surface area contributed by atoms with E-state index in [4.69, 9.17) is 5.11 Å². The molecule has 3 heteroatoms. The summed E-state index contributed by atoms with van der Waals surface area (Å²) in [5.41, 5.74) is 0. The van der Waals surface area contributed by atoms with Crippen LogP contribution in [0.1, 0.15) is 51.4 Å². The molecule has 3 nitrogen and oxygen atoms in total. The predicted molar refractivity (Wildman–Crippen MR) is 58.8 cm³/mol. The molecule has 2 saturated carbocycles. The standard InChI is InChI=1S/C12H21NO2/c14-12(15)10-7-4-8-11(10)13-9-5-2-1-3-6-9/h9-11,13H,1-8H2,(H,14,15). The predicted octanol–water partition coefficient (Wildman–Crippen LogP) is 2.16. The Morgan fingerprint density at radius 2 is 1.73 bits per heavy atom. The Morgan fingerprint density at radius 1 is 1.00 bits per heavy atom. The largest absolute Gasteiger partial charge is 0.481 e. The highest BCUT2D eigenvalue weighted by atomic mass is 16.4. The molecule has 0 spiro atoms. The van der Waals surface area contributed by atoms with Crippen LogP contribution in [0, 0.1) is 5.92 Å². The molecule has 0 radical (unpaired) electrons. The number of carboxylic acids is 1.